The van der Waals surface area contributed by atoms with Gasteiger partial charge in [-0.05, 0) is 36.5 Å². The van der Waals surface area contributed by atoms with E-state index in [9.17, 15) is 4.79 Å². The monoisotopic (exact) mass is 234 g/mol. The molecule has 1 aromatic carbocycles. The average molecular weight is 234 g/mol. The molecule has 1 heterocycles. The number of benzene rings is 1. The van der Waals surface area contributed by atoms with E-state index in [0.29, 0.717) is 4.77 Å². The molecule has 0 aliphatic rings. The Morgan fingerprint density at radius 2 is 1.94 bits per heavy atom. The molecular weight excluding hydrogens is 224 g/mol. The standard InChI is InChI=1S/C11H10N2O2S/c1-15-9-4-2-8(3-5-9)13-7-6-10(14)12-11(13)16/h2-7H,1H3,(H,12,14,16). The summed E-state index contributed by atoms with van der Waals surface area (Å²) in [5, 5.41) is 0. The van der Waals surface area contributed by atoms with Crippen LogP contribution in [0, 0.1) is 4.77 Å². The molecule has 0 aliphatic heterocycles. The molecule has 0 amide bonds. The van der Waals surface area contributed by atoms with Gasteiger partial charge in [0.15, 0.2) is 4.77 Å². The van der Waals surface area contributed by atoms with E-state index >= 15 is 0 Å². The van der Waals surface area contributed by atoms with Crippen LogP contribution < -0.4 is 10.3 Å². The number of nitrogens with one attached hydrogen (secondary N) is 1. The highest BCUT2D eigenvalue weighted by atomic mass is 32.1. The van der Waals surface area contributed by atoms with Gasteiger partial charge < -0.3 is 4.74 Å². The summed E-state index contributed by atoms with van der Waals surface area (Å²) in [6.07, 6.45) is 1.64. The molecule has 0 radical (unpaired) electrons. The van der Waals surface area contributed by atoms with Crippen molar-refractivity contribution in [2.24, 2.45) is 0 Å². The molecule has 1 N–H and O–H groups in total. The first-order chi connectivity index (χ1) is 7.70. The second kappa shape index (κ2) is 4.32. The molecule has 82 valence electrons. The minimum Gasteiger partial charge on any atom is -0.497 e. The molecule has 1 aromatic heterocycles. The second-order valence-electron chi connectivity index (χ2n) is 3.18. The van der Waals surface area contributed by atoms with Crippen LogP contribution in [0.3, 0.4) is 0 Å². The fourth-order valence-electron chi connectivity index (χ4n) is 1.36. The first kappa shape index (κ1) is 10.6. The number of H-pyrrole nitrogens is 1. The average Bonchev–Trinajstić information content (AvgIpc) is 2.29. The van der Waals surface area contributed by atoms with Crippen molar-refractivity contribution in [3.05, 3.63) is 51.7 Å². The van der Waals surface area contributed by atoms with E-state index in [-0.39, 0.29) is 5.56 Å². The van der Waals surface area contributed by atoms with Gasteiger partial charge in [0.25, 0.3) is 5.56 Å². The highest BCUT2D eigenvalue weighted by Gasteiger charge is 1.97. The van der Waals surface area contributed by atoms with Crippen LogP contribution in [0.15, 0.2) is 41.3 Å². The van der Waals surface area contributed by atoms with Gasteiger partial charge in [-0.25, -0.2) is 0 Å². The van der Waals surface area contributed by atoms with Crippen molar-refractivity contribution in [3.8, 4) is 11.4 Å². The van der Waals surface area contributed by atoms with Gasteiger partial charge in [-0.1, -0.05) is 0 Å². The lowest BCUT2D eigenvalue weighted by Gasteiger charge is -2.06. The number of aromatic nitrogens is 2. The number of nitrogens with zero attached hydrogens (tertiary/aromatic N) is 1. The number of hydrogen-bond acceptors (Lipinski definition) is 3. The molecular formula is C11H10N2O2S. The summed E-state index contributed by atoms with van der Waals surface area (Å²) in [5.74, 6) is 0.777. The number of ether oxygens (including phenoxy) is 1. The Bertz CT molecular complexity index is 598. The van der Waals surface area contributed by atoms with Crippen molar-refractivity contribution in [3.63, 3.8) is 0 Å². The Morgan fingerprint density at radius 3 is 2.50 bits per heavy atom. The molecule has 0 fully saturated rings. The van der Waals surface area contributed by atoms with Crippen LogP contribution in [0.1, 0.15) is 0 Å². The summed E-state index contributed by atoms with van der Waals surface area (Å²) in [6, 6.07) is 8.84. The van der Waals surface area contributed by atoms with Gasteiger partial charge in [0.05, 0.1) is 7.11 Å². The van der Waals surface area contributed by atoms with Crippen LogP contribution in [0.2, 0.25) is 0 Å². The lowest BCUT2D eigenvalue weighted by Crippen LogP contribution is -2.09. The van der Waals surface area contributed by atoms with Gasteiger partial charge in [-0.3, -0.25) is 14.3 Å². The van der Waals surface area contributed by atoms with E-state index in [1.54, 1.807) is 17.9 Å². The number of hydrogen-bond donors (Lipinski definition) is 1. The van der Waals surface area contributed by atoms with Crippen molar-refractivity contribution in [2.75, 3.05) is 7.11 Å². The zero-order valence-electron chi connectivity index (χ0n) is 8.64. The minimum atomic E-state index is -0.199. The maximum Gasteiger partial charge on any atom is 0.251 e. The third-order valence-electron chi connectivity index (χ3n) is 2.17. The van der Waals surface area contributed by atoms with Gasteiger partial charge in [0, 0.05) is 18.0 Å². The topological polar surface area (TPSA) is 47.0 Å². The quantitative estimate of drug-likeness (QED) is 0.807. The van der Waals surface area contributed by atoms with E-state index in [1.165, 1.54) is 6.07 Å². The Hall–Kier alpha value is -1.88. The van der Waals surface area contributed by atoms with E-state index in [1.807, 2.05) is 24.3 Å². The van der Waals surface area contributed by atoms with Crippen LogP contribution in [-0.2, 0) is 0 Å². The van der Waals surface area contributed by atoms with E-state index in [0.717, 1.165) is 11.4 Å². The highest BCUT2D eigenvalue weighted by molar-refractivity contribution is 7.71. The first-order valence-corrected chi connectivity index (χ1v) is 5.08. The molecule has 0 atom stereocenters. The second-order valence-corrected chi connectivity index (χ2v) is 3.56. The Kier molecular flexibility index (Phi) is 2.87. The van der Waals surface area contributed by atoms with Crippen LogP contribution in [-0.4, -0.2) is 16.7 Å². The van der Waals surface area contributed by atoms with Crippen molar-refractivity contribution >= 4 is 12.2 Å². The predicted octanol–water partition coefficient (Wildman–Crippen LogP) is 1.90. The molecule has 16 heavy (non-hydrogen) atoms. The van der Waals surface area contributed by atoms with E-state index in [2.05, 4.69) is 4.98 Å². The van der Waals surface area contributed by atoms with Crippen molar-refractivity contribution < 1.29 is 4.74 Å². The maximum absolute atomic E-state index is 11.0. The van der Waals surface area contributed by atoms with Gasteiger partial charge in [-0.2, -0.15) is 0 Å². The fourth-order valence-corrected chi connectivity index (χ4v) is 1.63. The molecule has 0 unspecified atom stereocenters. The molecule has 0 saturated carbocycles. The van der Waals surface area contributed by atoms with E-state index < -0.39 is 0 Å². The zero-order valence-corrected chi connectivity index (χ0v) is 9.45. The summed E-state index contributed by atoms with van der Waals surface area (Å²) in [4.78, 5) is 13.6. The highest BCUT2D eigenvalue weighted by Crippen LogP contribution is 2.14. The molecule has 2 rings (SSSR count). The summed E-state index contributed by atoms with van der Waals surface area (Å²) in [6.45, 7) is 0. The Morgan fingerprint density at radius 1 is 1.25 bits per heavy atom. The van der Waals surface area contributed by atoms with Gasteiger partial charge in [-0.15, -0.1) is 0 Å². The fraction of sp³-hybridized carbons (Fsp3) is 0.0909. The summed E-state index contributed by atoms with van der Waals surface area (Å²) < 4.78 is 7.15. The molecule has 5 heteroatoms. The van der Waals surface area contributed by atoms with Gasteiger partial charge in [0.1, 0.15) is 5.75 Å². The first-order valence-electron chi connectivity index (χ1n) is 4.67. The lowest BCUT2D eigenvalue weighted by atomic mass is 10.3. The van der Waals surface area contributed by atoms with Crippen molar-refractivity contribution in [2.45, 2.75) is 0 Å². The van der Waals surface area contributed by atoms with Gasteiger partial charge in [0.2, 0.25) is 0 Å². The van der Waals surface area contributed by atoms with Crippen LogP contribution in [0.4, 0.5) is 0 Å². The van der Waals surface area contributed by atoms with Crippen LogP contribution in [0.5, 0.6) is 5.75 Å². The molecule has 4 nitrogen and oxygen atoms in total. The molecule has 0 spiro atoms. The summed E-state index contributed by atoms with van der Waals surface area (Å²) >= 11 is 5.06. The third kappa shape index (κ3) is 2.04. The molecule has 2 aromatic rings. The van der Waals surface area contributed by atoms with Gasteiger partial charge >= 0.3 is 0 Å². The minimum absolute atomic E-state index is 0.199. The third-order valence-corrected chi connectivity index (χ3v) is 2.47. The van der Waals surface area contributed by atoms with Crippen LogP contribution >= 0.6 is 12.2 Å². The van der Waals surface area contributed by atoms with Crippen molar-refractivity contribution in [1.82, 2.24) is 9.55 Å². The van der Waals surface area contributed by atoms with E-state index in [4.69, 9.17) is 17.0 Å². The molecule has 0 aliphatic carbocycles. The predicted molar refractivity (Wildman–Crippen MR) is 63.8 cm³/mol. The SMILES string of the molecule is COc1ccc(-n2ccc(=O)[nH]c2=S)cc1. The summed E-state index contributed by atoms with van der Waals surface area (Å²) in [5.41, 5.74) is 0.678. The molecule has 0 saturated heterocycles. The largest absolute Gasteiger partial charge is 0.497 e. The smallest absolute Gasteiger partial charge is 0.251 e. The molecule has 0 bridgehead atoms. The lowest BCUT2D eigenvalue weighted by molar-refractivity contribution is 0.414. The van der Waals surface area contributed by atoms with Crippen molar-refractivity contribution in [1.29, 1.82) is 0 Å². The summed E-state index contributed by atoms with van der Waals surface area (Å²) in [7, 11) is 1.61. The normalized spacial score (nSPS) is 10.1. The maximum atomic E-state index is 11.0. The Labute approximate surface area is 97.1 Å². The Balaban J connectivity index is 2.50. The number of rotatable bonds is 2. The number of methoxy groups -OCH3 is 1. The van der Waals surface area contributed by atoms with Crippen LogP contribution in [0.25, 0.3) is 5.69 Å². The number of aromatic amines is 1. The zero-order chi connectivity index (χ0) is 11.5.